The van der Waals surface area contributed by atoms with Gasteiger partial charge in [0.1, 0.15) is 11.4 Å². The number of amides is 2. The summed E-state index contributed by atoms with van der Waals surface area (Å²) < 4.78 is 10.5. The minimum atomic E-state index is -0.0567. The maximum absolute atomic E-state index is 12.0. The molecule has 7 heteroatoms. The van der Waals surface area contributed by atoms with Crippen LogP contribution in [-0.2, 0) is 16.1 Å². The Bertz CT molecular complexity index is 787. The van der Waals surface area contributed by atoms with Crippen molar-refractivity contribution in [2.75, 3.05) is 20.2 Å². The molecule has 1 saturated heterocycles. The molecule has 0 spiro atoms. The molecule has 1 aliphatic rings. The summed E-state index contributed by atoms with van der Waals surface area (Å²) in [6.07, 6.45) is 3.72. The van der Waals surface area contributed by atoms with Crippen LogP contribution in [0.1, 0.15) is 37.9 Å². The molecule has 1 aliphatic heterocycles. The molecule has 3 rings (SSSR count). The third-order valence-corrected chi connectivity index (χ3v) is 4.64. The fraction of sp³-hybridized carbons (Fsp3) is 0.450. The van der Waals surface area contributed by atoms with Crippen LogP contribution < -0.4 is 10.1 Å². The van der Waals surface area contributed by atoms with Crippen molar-refractivity contribution < 1.29 is 18.8 Å². The van der Waals surface area contributed by atoms with Crippen LogP contribution in [0.25, 0.3) is 11.3 Å². The highest BCUT2D eigenvalue weighted by atomic mass is 16.5. The molecule has 1 aromatic heterocycles. The van der Waals surface area contributed by atoms with E-state index in [1.54, 1.807) is 13.2 Å². The van der Waals surface area contributed by atoms with Gasteiger partial charge in [-0.1, -0.05) is 17.3 Å². The molecule has 2 amide bonds. The highest BCUT2D eigenvalue weighted by Gasteiger charge is 2.17. The number of ether oxygens (including phenoxy) is 1. The number of benzene rings is 1. The molecule has 2 aromatic rings. The number of carbonyl (C=O) groups is 2. The number of aromatic nitrogens is 1. The normalized spacial score (nSPS) is 14.3. The zero-order valence-electron chi connectivity index (χ0n) is 15.6. The quantitative estimate of drug-likeness (QED) is 0.771. The van der Waals surface area contributed by atoms with Crippen LogP contribution in [0.5, 0.6) is 5.75 Å². The van der Waals surface area contributed by atoms with E-state index >= 15 is 0 Å². The van der Waals surface area contributed by atoms with Crippen molar-refractivity contribution in [2.24, 2.45) is 0 Å². The first kappa shape index (κ1) is 18.9. The Morgan fingerprint density at radius 3 is 3.04 bits per heavy atom. The number of likely N-dealkylation sites (tertiary alicyclic amines) is 1. The smallest absolute Gasteiger partial charge is 0.222 e. The van der Waals surface area contributed by atoms with Gasteiger partial charge in [0, 0.05) is 37.6 Å². The maximum Gasteiger partial charge on any atom is 0.222 e. The van der Waals surface area contributed by atoms with E-state index in [1.165, 1.54) is 0 Å². The van der Waals surface area contributed by atoms with E-state index in [0.717, 1.165) is 30.7 Å². The lowest BCUT2D eigenvalue weighted by molar-refractivity contribution is -0.133. The minimum Gasteiger partial charge on any atom is -0.497 e. The number of carbonyl (C=O) groups excluding carboxylic acids is 2. The van der Waals surface area contributed by atoms with Crippen LogP contribution in [0, 0.1) is 0 Å². The zero-order chi connectivity index (χ0) is 19.1. The van der Waals surface area contributed by atoms with E-state index in [4.69, 9.17) is 9.26 Å². The number of hydrogen-bond acceptors (Lipinski definition) is 5. The Morgan fingerprint density at radius 1 is 1.33 bits per heavy atom. The summed E-state index contributed by atoms with van der Waals surface area (Å²) in [5.41, 5.74) is 1.59. The Morgan fingerprint density at radius 2 is 2.22 bits per heavy atom. The lowest BCUT2D eigenvalue weighted by atomic mass is 10.1. The minimum absolute atomic E-state index is 0.0567. The summed E-state index contributed by atoms with van der Waals surface area (Å²) in [6.45, 7) is 1.75. The van der Waals surface area contributed by atoms with Crippen molar-refractivity contribution in [3.8, 4) is 17.0 Å². The molecule has 1 N–H and O–H groups in total. The molecule has 7 nitrogen and oxygen atoms in total. The highest BCUT2D eigenvalue weighted by molar-refractivity contribution is 5.77. The standard InChI is InChI=1S/C20H25N3O4/c1-26-16-7-4-6-15(12-16)18-13-17(27-22-18)14-21-19(24)8-5-11-23-10-3-2-9-20(23)25/h4,6-7,12-13H,2-3,5,8-11,14H2,1H3,(H,21,24). The number of hydrogen-bond donors (Lipinski definition) is 1. The molecule has 1 fully saturated rings. The summed E-state index contributed by atoms with van der Waals surface area (Å²) in [4.78, 5) is 25.6. The third kappa shape index (κ3) is 5.32. The van der Waals surface area contributed by atoms with Gasteiger partial charge < -0.3 is 19.5 Å². The summed E-state index contributed by atoms with van der Waals surface area (Å²) in [7, 11) is 1.62. The lowest BCUT2D eigenvalue weighted by Gasteiger charge is -2.26. The van der Waals surface area contributed by atoms with Crippen molar-refractivity contribution in [1.82, 2.24) is 15.4 Å². The average Bonchev–Trinajstić information content (AvgIpc) is 3.17. The van der Waals surface area contributed by atoms with Crippen molar-refractivity contribution in [2.45, 2.75) is 38.6 Å². The van der Waals surface area contributed by atoms with Gasteiger partial charge in [-0.25, -0.2) is 0 Å². The summed E-state index contributed by atoms with van der Waals surface area (Å²) in [6, 6.07) is 9.35. The zero-order valence-corrected chi connectivity index (χ0v) is 15.6. The lowest BCUT2D eigenvalue weighted by Crippen LogP contribution is -2.36. The molecule has 27 heavy (non-hydrogen) atoms. The molecule has 0 radical (unpaired) electrons. The van der Waals surface area contributed by atoms with Crippen molar-refractivity contribution >= 4 is 11.8 Å². The van der Waals surface area contributed by atoms with Crippen LogP contribution in [0.15, 0.2) is 34.9 Å². The molecule has 144 valence electrons. The number of rotatable bonds is 8. The van der Waals surface area contributed by atoms with Crippen LogP contribution in [-0.4, -0.2) is 42.1 Å². The number of nitrogens with zero attached hydrogens (tertiary/aromatic N) is 2. The Hall–Kier alpha value is -2.83. The fourth-order valence-corrected chi connectivity index (χ4v) is 3.12. The van der Waals surface area contributed by atoms with Crippen LogP contribution in [0.2, 0.25) is 0 Å². The third-order valence-electron chi connectivity index (χ3n) is 4.64. The largest absolute Gasteiger partial charge is 0.497 e. The molecule has 0 unspecified atom stereocenters. The second kappa shape index (κ2) is 9.21. The van der Waals surface area contributed by atoms with Crippen molar-refractivity contribution in [3.63, 3.8) is 0 Å². The SMILES string of the molecule is COc1cccc(-c2cc(CNC(=O)CCCN3CCCCC3=O)on2)c1. The molecule has 0 bridgehead atoms. The van der Waals surface area contributed by atoms with Gasteiger partial charge in [-0.05, 0) is 31.4 Å². The van der Waals surface area contributed by atoms with Gasteiger partial charge >= 0.3 is 0 Å². The first-order valence-corrected chi connectivity index (χ1v) is 9.30. The van der Waals surface area contributed by atoms with E-state index in [2.05, 4.69) is 10.5 Å². The van der Waals surface area contributed by atoms with Gasteiger partial charge in [-0.15, -0.1) is 0 Å². The molecule has 0 aliphatic carbocycles. The topological polar surface area (TPSA) is 84.7 Å². The van der Waals surface area contributed by atoms with E-state index in [0.29, 0.717) is 43.8 Å². The number of nitrogens with one attached hydrogen (secondary N) is 1. The molecule has 2 heterocycles. The van der Waals surface area contributed by atoms with Gasteiger partial charge in [0.05, 0.1) is 13.7 Å². The van der Waals surface area contributed by atoms with Crippen LogP contribution >= 0.6 is 0 Å². The van der Waals surface area contributed by atoms with E-state index < -0.39 is 0 Å². The van der Waals surface area contributed by atoms with Crippen molar-refractivity contribution in [3.05, 3.63) is 36.1 Å². The summed E-state index contributed by atoms with van der Waals surface area (Å²) >= 11 is 0. The first-order chi connectivity index (χ1) is 13.2. The van der Waals surface area contributed by atoms with Crippen LogP contribution in [0.3, 0.4) is 0 Å². The summed E-state index contributed by atoms with van der Waals surface area (Å²) in [5, 5.41) is 6.88. The predicted molar refractivity (Wildman–Crippen MR) is 100 cm³/mol. The van der Waals surface area contributed by atoms with Crippen LogP contribution in [0.4, 0.5) is 0 Å². The molecule has 1 aromatic carbocycles. The second-order valence-electron chi connectivity index (χ2n) is 6.63. The number of piperidine rings is 1. The monoisotopic (exact) mass is 371 g/mol. The predicted octanol–water partition coefficient (Wildman–Crippen LogP) is 2.76. The van der Waals surface area contributed by atoms with Gasteiger partial charge in [0.25, 0.3) is 0 Å². The van der Waals surface area contributed by atoms with Gasteiger partial charge in [0.2, 0.25) is 11.8 Å². The average molecular weight is 371 g/mol. The Balaban J connectivity index is 1.42. The second-order valence-corrected chi connectivity index (χ2v) is 6.63. The van der Waals surface area contributed by atoms with Gasteiger partial charge in [-0.3, -0.25) is 9.59 Å². The molecule has 0 atom stereocenters. The van der Waals surface area contributed by atoms with Gasteiger partial charge in [0.15, 0.2) is 5.76 Å². The van der Waals surface area contributed by atoms with E-state index in [-0.39, 0.29) is 11.8 Å². The molecular weight excluding hydrogens is 346 g/mol. The summed E-state index contributed by atoms with van der Waals surface area (Å²) in [5.74, 6) is 1.48. The Labute approximate surface area is 158 Å². The Kier molecular flexibility index (Phi) is 6.46. The highest BCUT2D eigenvalue weighted by Crippen LogP contribution is 2.23. The number of methoxy groups -OCH3 is 1. The van der Waals surface area contributed by atoms with E-state index in [1.807, 2.05) is 29.2 Å². The van der Waals surface area contributed by atoms with Gasteiger partial charge in [-0.2, -0.15) is 0 Å². The molecule has 0 saturated carbocycles. The first-order valence-electron chi connectivity index (χ1n) is 9.30. The fourth-order valence-electron chi connectivity index (χ4n) is 3.12. The maximum atomic E-state index is 12.0. The van der Waals surface area contributed by atoms with Crippen molar-refractivity contribution in [1.29, 1.82) is 0 Å². The molecular formula is C20H25N3O4. The van der Waals surface area contributed by atoms with E-state index in [9.17, 15) is 9.59 Å².